The van der Waals surface area contributed by atoms with E-state index in [2.05, 4.69) is 5.32 Å². The topological polar surface area (TPSA) is 46.2 Å². The molecule has 0 spiro atoms. The summed E-state index contributed by atoms with van der Waals surface area (Å²) in [4.78, 5) is 21.0. The monoisotopic (exact) mass is 237 g/mol. The SMILES string of the molecule is O=C1CC=C(I)C(=O)N1. The van der Waals surface area contributed by atoms with Gasteiger partial charge in [-0.25, -0.2) is 0 Å². The maximum atomic E-state index is 10.6. The van der Waals surface area contributed by atoms with E-state index in [1.54, 1.807) is 6.08 Å². The average molecular weight is 237 g/mol. The largest absolute Gasteiger partial charge is 0.292 e. The molecule has 0 saturated carbocycles. The molecule has 1 rings (SSSR count). The summed E-state index contributed by atoms with van der Waals surface area (Å²) in [6, 6.07) is 0. The average Bonchev–Trinajstić information content (AvgIpc) is 1.80. The standard InChI is InChI=1S/C5H4INO2/c6-3-1-2-4(8)7-5(3)9/h1H,2H2,(H,7,8,9). The Balaban J connectivity index is 2.79. The maximum absolute atomic E-state index is 10.6. The van der Waals surface area contributed by atoms with E-state index in [-0.39, 0.29) is 11.8 Å². The van der Waals surface area contributed by atoms with Crippen LogP contribution >= 0.6 is 22.6 Å². The molecule has 0 aliphatic carbocycles. The van der Waals surface area contributed by atoms with Crippen LogP contribution in [0.4, 0.5) is 0 Å². The van der Waals surface area contributed by atoms with Crippen molar-refractivity contribution in [3.05, 3.63) is 9.66 Å². The number of carbonyl (C=O) groups is 2. The van der Waals surface area contributed by atoms with E-state index < -0.39 is 0 Å². The van der Waals surface area contributed by atoms with Gasteiger partial charge in [-0.3, -0.25) is 14.9 Å². The van der Waals surface area contributed by atoms with Crippen LogP contribution in [0.1, 0.15) is 6.42 Å². The van der Waals surface area contributed by atoms with Gasteiger partial charge in [0.25, 0.3) is 5.91 Å². The minimum absolute atomic E-state index is 0.222. The molecule has 0 bridgehead atoms. The van der Waals surface area contributed by atoms with Crippen molar-refractivity contribution in [3.8, 4) is 0 Å². The predicted octanol–water partition coefficient (Wildman–Crippen LogP) is 0.352. The molecule has 0 aromatic rings. The van der Waals surface area contributed by atoms with Crippen molar-refractivity contribution >= 4 is 34.4 Å². The van der Waals surface area contributed by atoms with Crippen molar-refractivity contribution in [1.82, 2.24) is 5.32 Å². The van der Waals surface area contributed by atoms with Gasteiger partial charge in [0.1, 0.15) is 0 Å². The van der Waals surface area contributed by atoms with Gasteiger partial charge in [0.2, 0.25) is 5.91 Å². The molecule has 2 amide bonds. The second-order valence-corrected chi connectivity index (χ2v) is 2.80. The Kier molecular flexibility index (Phi) is 1.84. The molecule has 0 aromatic heterocycles. The van der Waals surface area contributed by atoms with E-state index in [0.717, 1.165) is 0 Å². The zero-order valence-corrected chi connectivity index (χ0v) is 6.64. The van der Waals surface area contributed by atoms with Crippen LogP contribution in [0.3, 0.4) is 0 Å². The molecule has 0 unspecified atom stereocenters. The predicted molar refractivity (Wildman–Crippen MR) is 39.9 cm³/mol. The highest BCUT2D eigenvalue weighted by Gasteiger charge is 2.14. The van der Waals surface area contributed by atoms with Crippen molar-refractivity contribution in [2.45, 2.75) is 6.42 Å². The first-order valence-corrected chi connectivity index (χ1v) is 3.48. The Bertz CT molecular complexity index is 197. The van der Waals surface area contributed by atoms with Crippen molar-refractivity contribution in [2.75, 3.05) is 0 Å². The van der Waals surface area contributed by atoms with Crippen LogP contribution in [0.15, 0.2) is 9.66 Å². The number of nitrogens with one attached hydrogen (secondary N) is 1. The zero-order valence-electron chi connectivity index (χ0n) is 4.48. The molecule has 3 nitrogen and oxygen atoms in total. The van der Waals surface area contributed by atoms with Gasteiger partial charge in [-0.1, -0.05) is 6.08 Å². The quantitative estimate of drug-likeness (QED) is 0.488. The van der Waals surface area contributed by atoms with Gasteiger partial charge in [0.15, 0.2) is 0 Å². The molecule has 0 atom stereocenters. The molecule has 0 aromatic carbocycles. The molecule has 1 aliphatic rings. The summed E-state index contributed by atoms with van der Waals surface area (Å²) in [5.74, 6) is -0.507. The lowest BCUT2D eigenvalue weighted by atomic mass is 10.3. The van der Waals surface area contributed by atoms with E-state index in [0.29, 0.717) is 10.0 Å². The van der Waals surface area contributed by atoms with Crippen LogP contribution in [0.5, 0.6) is 0 Å². The number of carbonyl (C=O) groups excluding carboxylic acids is 2. The summed E-state index contributed by atoms with van der Waals surface area (Å²) in [6.07, 6.45) is 1.94. The van der Waals surface area contributed by atoms with Crippen molar-refractivity contribution in [2.24, 2.45) is 0 Å². The highest BCUT2D eigenvalue weighted by Crippen LogP contribution is 2.10. The third-order valence-electron chi connectivity index (χ3n) is 0.937. The van der Waals surface area contributed by atoms with Crippen molar-refractivity contribution < 1.29 is 9.59 Å². The van der Waals surface area contributed by atoms with E-state index >= 15 is 0 Å². The zero-order chi connectivity index (χ0) is 6.85. The van der Waals surface area contributed by atoms with Gasteiger partial charge in [-0.2, -0.15) is 0 Å². The fourth-order valence-electron chi connectivity index (χ4n) is 0.512. The molecule has 9 heavy (non-hydrogen) atoms. The van der Waals surface area contributed by atoms with E-state index in [1.807, 2.05) is 22.6 Å². The smallest absolute Gasteiger partial charge is 0.263 e. The molecule has 1 aliphatic heterocycles. The van der Waals surface area contributed by atoms with Crippen LogP contribution in [-0.4, -0.2) is 11.8 Å². The van der Waals surface area contributed by atoms with Gasteiger partial charge in [0, 0.05) is 6.42 Å². The lowest BCUT2D eigenvalue weighted by Gasteiger charge is -2.05. The molecule has 0 saturated heterocycles. The summed E-state index contributed by atoms with van der Waals surface area (Å²) in [7, 11) is 0. The Morgan fingerprint density at radius 3 is 2.67 bits per heavy atom. The minimum Gasteiger partial charge on any atom is -0.292 e. The summed E-state index contributed by atoms with van der Waals surface area (Å²) < 4.78 is 0.590. The number of hydrogen-bond acceptors (Lipinski definition) is 2. The van der Waals surface area contributed by atoms with Gasteiger partial charge in [0.05, 0.1) is 3.58 Å². The number of rotatable bonds is 0. The summed E-state index contributed by atoms with van der Waals surface area (Å²) in [6.45, 7) is 0. The van der Waals surface area contributed by atoms with Crippen LogP contribution in [-0.2, 0) is 9.59 Å². The van der Waals surface area contributed by atoms with Crippen molar-refractivity contribution in [3.63, 3.8) is 0 Å². The van der Waals surface area contributed by atoms with E-state index in [4.69, 9.17) is 0 Å². The third-order valence-corrected chi connectivity index (χ3v) is 1.87. The normalized spacial score (nSPS) is 19.0. The van der Waals surface area contributed by atoms with Gasteiger partial charge >= 0.3 is 0 Å². The molecular formula is C5H4INO2. The van der Waals surface area contributed by atoms with E-state index in [9.17, 15) is 9.59 Å². The van der Waals surface area contributed by atoms with Crippen LogP contribution < -0.4 is 5.32 Å². The Morgan fingerprint density at radius 2 is 2.22 bits per heavy atom. The molecule has 0 fully saturated rings. The first-order chi connectivity index (χ1) is 4.20. The van der Waals surface area contributed by atoms with Crippen LogP contribution in [0.2, 0.25) is 0 Å². The number of amides is 2. The molecule has 1 heterocycles. The van der Waals surface area contributed by atoms with Gasteiger partial charge in [-0.05, 0) is 22.6 Å². The second-order valence-electron chi connectivity index (χ2n) is 1.63. The fraction of sp³-hybridized carbons (Fsp3) is 0.200. The van der Waals surface area contributed by atoms with Crippen molar-refractivity contribution in [1.29, 1.82) is 0 Å². The lowest BCUT2D eigenvalue weighted by Crippen LogP contribution is -2.32. The van der Waals surface area contributed by atoms with Gasteiger partial charge in [-0.15, -0.1) is 0 Å². The highest BCUT2D eigenvalue weighted by molar-refractivity contribution is 14.1. The molecule has 0 radical (unpaired) electrons. The molecular weight excluding hydrogens is 233 g/mol. The minimum atomic E-state index is -0.285. The first-order valence-electron chi connectivity index (χ1n) is 2.40. The van der Waals surface area contributed by atoms with E-state index in [1.165, 1.54) is 0 Å². The maximum Gasteiger partial charge on any atom is 0.263 e. The van der Waals surface area contributed by atoms with Gasteiger partial charge < -0.3 is 0 Å². The Hall–Kier alpha value is -0.390. The van der Waals surface area contributed by atoms with Crippen LogP contribution in [0, 0.1) is 0 Å². The van der Waals surface area contributed by atoms with Crippen LogP contribution in [0.25, 0.3) is 0 Å². The number of halogens is 1. The summed E-state index contributed by atoms with van der Waals surface area (Å²) in [5, 5.41) is 2.18. The summed E-state index contributed by atoms with van der Waals surface area (Å²) in [5.41, 5.74) is 0. The second kappa shape index (κ2) is 2.47. The molecule has 4 heteroatoms. The first kappa shape index (κ1) is 6.73. The molecule has 1 N–H and O–H groups in total. The Morgan fingerprint density at radius 1 is 1.56 bits per heavy atom. The third kappa shape index (κ3) is 1.51. The molecule has 48 valence electrons. The number of imide groups is 1. The fourth-order valence-corrected chi connectivity index (χ4v) is 0.867. The summed E-state index contributed by atoms with van der Waals surface area (Å²) >= 11 is 1.89. The highest BCUT2D eigenvalue weighted by atomic mass is 127. The lowest BCUT2D eigenvalue weighted by molar-refractivity contribution is -0.128. The number of hydrogen-bond donors (Lipinski definition) is 1. The Labute approximate surface area is 65.6 Å².